The number of nitriles is 1. The number of aliphatic carboxylic acids is 1. The van der Waals surface area contributed by atoms with Crippen molar-refractivity contribution in [3.63, 3.8) is 0 Å². The molecule has 0 heterocycles. The van der Waals surface area contributed by atoms with Gasteiger partial charge in [0.1, 0.15) is 17.7 Å². The minimum Gasteiger partial charge on any atom is -0.480 e. The standard InChI is InChI=1S/C18H23N3O3S/c1-12(2)14-6-4-5-7-15(14)21-17(22)13(10-19)11-20-16(18(23)24)8-9-25-3/h4-7,11-12,16,20H,8-9H2,1-3H3,(H,21,22)(H,23,24)/b13-11-. The highest BCUT2D eigenvalue weighted by Crippen LogP contribution is 2.23. The number of benzene rings is 1. The molecule has 1 amide bonds. The predicted octanol–water partition coefficient (Wildman–Crippen LogP) is 2.95. The van der Waals surface area contributed by atoms with Crippen LogP contribution in [0.25, 0.3) is 0 Å². The average Bonchev–Trinajstić information content (AvgIpc) is 2.58. The monoisotopic (exact) mass is 361 g/mol. The summed E-state index contributed by atoms with van der Waals surface area (Å²) in [6.45, 7) is 4.02. The van der Waals surface area contributed by atoms with Crippen LogP contribution in [0.15, 0.2) is 36.0 Å². The largest absolute Gasteiger partial charge is 0.480 e. The van der Waals surface area contributed by atoms with E-state index in [-0.39, 0.29) is 11.5 Å². The van der Waals surface area contributed by atoms with Crippen LogP contribution in [0.2, 0.25) is 0 Å². The molecule has 1 aromatic rings. The fourth-order valence-electron chi connectivity index (χ4n) is 2.15. The number of hydrogen-bond donors (Lipinski definition) is 3. The van der Waals surface area contributed by atoms with Crippen LogP contribution in [0.4, 0.5) is 5.69 Å². The zero-order valence-corrected chi connectivity index (χ0v) is 15.4. The lowest BCUT2D eigenvalue weighted by atomic mass is 10.0. The van der Waals surface area contributed by atoms with E-state index in [4.69, 9.17) is 0 Å². The summed E-state index contributed by atoms with van der Waals surface area (Å²) < 4.78 is 0. The fraction of sp³-hybridized carbons (Fsp3) is 0.389. The number of carbonyl (C=O) groups excluding carboxylic acids is 1. The van der Waals surface area contributed by atoms with Gasteiger partial charge < -0.3 is 15.7 Å². The molecule has 0 aliphatic heterocycles. The summed E-state index contributed by atoms with van der Waals surface area (Å²) in [6.07, 6.45) is 3.45. The molecule has 134 valence electrons. The second-order valence-electron chi connectivity index (χ2n) is 5.70. The number of rotatable bonds is 9. The molecule has 0 bridgehead atoms. The van der Waals surface area contributed by atoms with Crippen LogP contribution in [0.3, 0.4) is 0 Å². The maximum Gasteiger partial charge on any atom is 0.326 e. The van der Waals surface area contributed by atoms with Gasteiger partial charge in [-0.2, -0.15) is 17.0 Å². The number of amides is 1. The van der Waals surface area contributed by atoms with Crippen molar-refractivity contribution in [1.29, 1.82) is 5.26 Å². The highest BCUT2D eigenvalue weighted by molar-refractivity contribution is 7.98. The number of para-hydroxylation sites is 1. The predicted molar refractivity (Wildman–Crippen MR) is 100 cm³/mol. The first-order chi connectivity index (χ1) is 11.9. The summed E-state index contributed by atoms with van der Waals surface area (Å²) in [6, 6.07) is 8.34. The Morgan fingerprint density at radius 1 is 1.36 bits per heavy atom. The summed E-state index contributed by atoms with van der Waals surface area (Å²) in [4.78, 5) is 23.5. The van der Waals surface area contributed by atoms with Crippen LogP contribution < -0.4 is 10.6 Å². The van der Waals surface area contributed by atoms with E-state index in [1.54, 1.807) is 12.1 Å². The van der Waals surface area contributed by atoms with Crippen LogP contribution in [-0.2, 0) is 9.59 Å². The average molecular weight is 361 g/mol. The third kappa shape index (κ3) is 6.51. The van der Waals surface area contributed by atoms with Crippen molar-refractivity contribution < 1.29 is 14.7 Å². The van der Waals surface area contributed by atoms with Crippen LogP contribution >= 0.6 is 11.8 Å². The fourth-order valence-corrected chi connectivity index (χ4v) is 2.62. The number of carboxylic acids is 1. The molecule has 0 aromatic heterocycles. The van der Waals surface area contributed by atoms with Crippen molar-refractivity contribution in [2.24, 2.45) is 0 Å². The molecule has 0 aliphatic carbocycles. The van der Waals surface area contributed by atoms with E-state index in [2.05, 4.69) is 10.6 Å². The summed E-state index contributed by atoms with van der Waals surface area (Å²) in [5.74, 6) is -0.717. The highest BCUT2D eigenvalue weighted by Gasteiger charge is 2.17. The molecular weight excluding hydrogens is 338 g/mol. The van der Waals surface area contributed by atoms with Crippen LogP contribution in [-0.4, -0.2) is 35.0 Å². The topological polar surface area (TPSA) is 102 Å². The van der Waals surface area contributed by atoms with Gasteiger partial charge in [-0.3, -0.25) is 4.79 Å². The summed E-state index contributed by atoms with van der Waals surface area (Å²) in [5, 5.41) is 23.8. The van der Waals surface area contributed by atoms with Crippen molar-refractivity contribution in [1.82, 2.24) is 5.32 Å². The maximum atomic E-state index is 12.3. The molecule has 0 spiro atoms. The summed E-state index contributed by atoms with van der Waals surface area (Å²) in [5.41, 5.74) is 1.43. The van der Waals surface area contributed by atoms with E-state index in [1.807, 2.05) is 38.3 Å². The van der Waals surface area contributed by atoms with E-state index < -0.39 is 17.9 Å². The molecule has 1 rings (SSSR count). The Morgan fingerprint density at radius 3 is 2.60 bits per heavy atom. The first kappa shape index (κ1) is 20.6. The van der Waals surface area contributed by atoms with Gasteiger partial charge >= 0.3 is 5.97 Å². The molecule has 0 saturated carbocycles. The second kappa shape index (κ2) is 10.4. The van der Waals surface area contributed by atoms with Gasteiger partial charge in [0.05, 0.1) is 0 Å². The molecule has 7 heteroatoms. The quantitative estimate of drug-likeness (QED) is 0.462. The normalized spacial score (nSPS) is 12.4. The third-order valence-electron chi connectivity index (χ3n) is 3.53. The van der Waals surface area contributed by atoms with Crippen molar-refractivity contribution in [2.45, 2.75) is 32.2 Å². The van der Waals surface area contributed by atoms with Gasteiger partial charge in [0.2, 0.25) is 0 Å². The van der Waals surface area contributed by atoms with Gasteiger partial charge in [0.15, 0.2) is 0 Å². The van der Waals surface area contributed by atoms with E-state index in [0.717, 1.165) is 5.56 Å². The number of carbonyl (C=O) groups is 2. The Bertz CT molecular complexity index is 680. The minimum atomic E-state index is -1.02. The van der Waals surface area contributed by atoms with E-state index in [9.17, 15) is 20.0 Å². The molecule has 0 saturated heterocycles. The maximum absolute atomic E-state index is 12.3. The lowest BCUT2D eigenvalue weighted by Gasteiger charge is -2.14. The van der Waals surface area contributed by atoms with Crippen molar-refractivity contribution in [2.75, 3.05) is 17.3 Å². The number of nitrogens with zero attached hydrogens (tertiary/aromatic N) is 1. The molecule has 3 N–H and O–H groups in total. The van der Waals surface area contributed by atoms with E-state index in [0.29, 0.717) is 17.9 Å². The van der Waals surface area contributed by atoms with Gasteiger partial charge in [-0.1, -0.05) is 32.0 Å². The van der Waals surface area contributed by atoms with Crippen molar-refractivity contribution in [3.05, 3.63) is 41.6 Å². The molecular formula is C18H23N3O3S. The first-order valence-corrected chi connectivity index (χ1v) is 9.28. The molecule has 0 fully saturated rings. The van der Waals surface area contributed by atoms with Gasteiger partial charge in [-0.15, -0.1) is 0 Å². The van der Waals surface area contributed by atoms with Crippen LogP contribution in [0, 0.1) is 11.3 Å². The zero-order valence-electron chi connectivity index (χ0n) is 14.6. The lowest BCUT2D eigenvalue weighted by molar-refractivity contribution is -0.139. The number of thioether (sulfide) groups is 1. The summed E-state index contributed by atoms with van der Waals surface area (Å²) >= 11 is 1.53. The number of anilines is 1. The molecule has 1 unspecified atom stereocenters. The molecule has 0 aliphatic rings. The van der Waals surface area contributed by atoms with Crippen LogP contribution in [0.5, 0.6) is 0 Å². The highest BCUT2D eigenvalue weighted by atomic mass is 32.2. The molecule has 6 nitrogen and oxygen atoms in total. The van der Waals surface area contributed by atoms with E-state index in [1.165, 1.54) is 18.0 Å². The number of carboxylic acid groups (broad SMARTS) is 1. The lowest BCUT2D eigenvalue weighted by Crippen LogP contribution is -2.34. The van der Waals surface area contributed by atoms with Gasteiger partial charge in [-0.05, 0) is 36.0 Å². The van der Waals surface area contributed by atoms with Crippen molar-refractivity contribution in [3.8, 4) is 6.07 Å². The Balaban J connectivity index is 2.87. The SMILES string of the molecule is CSCCC(N/C=C(/C#N)C(=O)Nc1ccccc1C(C)C)C(=O)O. The van der Waals surface area contributed by atoms with Gasteiger partial charge in [0, 0.05) is 11.9 Å². The second-order valence-corrected chi connectivity index (χ2v) is 6.69. The number of nitrogens with one attached hydrogen (secondary N) is 2. The Labute approximate surface area is 152 Å². The first-order valence-electron chi connectivity index (χ1n) is 7.89. The van der Waals surface area contributed by atoms with Crippen LogP contribution in [0.1, 0.15) is 31.7 Å². The Morgan fingerprint density at radius 2 is 2.04 bits per heavy atom. The Hall–Kier alpha value is -2.46. The molecule has 25 heavy (non-hydrogen) atoms. The molecule has 0 radical (unpaired) electrons. The van der Waals surface area contributed by atoms with Gasteiger partial charge in [0.25, 0.3) is 5.91 Å². The summed E-state index contributed by atoms with van der Waals surface area (Å²) in [7, 11) is 0. The van der Waals surface area contributed by atoms with Gasteiger partial charge in [-0.25, -0.2) is 4.79 Å². The van der Waals surface area contributed by atoms with Crippen molar-refractivity contribution >= 4 is 29.3 Å². The van der Waals surface area contributed by atoms with E-state index >= 15 is 0 Å². The smallest absolute Gasteiger partial charge is 0.326 e. The third-order valence-corrected chi connectivity index (χ3v) is 4.18. The minimum absolute atomic E-state index is 0.172. The Kier molecular flexibility index (Phi) is 8.57. The number of hydrogen-bond acceptors (Lipinski definition) is 5. The zero-order chi connectivity index (χ0) is 18.8. The molecule has 1 atom stereocenters. The molecule has 1 aromatic carbocycles.